The first-order valence-corrected chi connectivity index (χ1v) is 4.69. The minimum Gasteiger partial charge on any atom is -0.363 e. The second kappa shape index (κ2) is 3.02. The van der Waals surface area contributed by atoms with Crippen LogP contribution in [-0.4, -0.2) is 48.0 Å². The fourth-order valence-corrected chi connectivity index (χ4v) is 2.43. The predicted molar refractivity (Wildman–Crippen MR) is 38.3 cm³/mol. The average Bonchev–Trinajstić information content (AvgIpc) is 2.57. The van der Waals surface area contributed by atoms with Gasteiger partial charge in [-0.3, -0.25) is 0 Å². The molecule has 0 saturated heterocycles. The summed E-state index contributed by atoms with van der Waals surface area (Å²) in [5.74, 6) is -30.9. The molecule has 0 amide bonds. The van der Waals surface area contributed by atoms with Crippen LogP contribution in [0.1, 0.15) is 0 Å². The smallest absolute Gasteiger partial charge is 0.363 e. The Hall–Kier alpha value is -0.810. The largest absolute Gasteiger partial charge is 0.378 e. The highest BCUT2D eigenvalue weighted by Crippen LogP contribution is 2.83. The summed E-state index contributed by atoms with van der Waals surface area (Å²) in [5.41, 5.74) is -11.6. The molecule has 0 aromatic carbocycles. The molecule has 2 saturated carbocycles. The number of alkyl halides is 11. The Morgan fingerprint density at radius 2 is 0.800 bits per heavy atom. The van der Waals surface area contributed by atoms with Crippen molar-refractivity contribution in [1.82, 2.24) is 0 Å². The Kier molecular flexibility index (Phi) is 2.35. The van der Waals surface area contributed by atoms with Gasteiger partial charge >= 0.3 is 29.6 Å². The van der Waals surface area contributed by atoms with Gasteiger partial charge in [0.25, 0.3) is 11.3 Å². The number of halogens is 11. The molecular formula is C8H3F11O. The quantitative estimate of drug-likeness (QED) is 0.709. The zero-order chi connectivity index (χ0) is 16.2. The molecule has 0 atom stereocenters. The summed E-state index contributed by atoms with van der Waals surface area (Å²) in [6, 6.07) is 0. The van der Waals surface area contributed by atoms with Gasteiger partial charge in [0.15, 0.2) is 0 Å². The van der Waals surface area contributed by atoms with Crippen molar-refractivity contribution >= 4 is 0 Å². The lowest BCUT2D eigenvalue weighted by Gasteiger charge is -2.58. The molecule has 2 fully saturated rings. The highest BCUT2D eigenvalue weighted by molar-refractivity contribution is 5.48. The van der Waals surface area contributed by atoms with Crippen molar-refractivity contribution < 1.29 is 53.0 Å². The Labute approximate surface area is 102 Å². The molecule has 0 spiro atoms. The van der Waals surface area contributed by atoms with Crippen LogP contribution in [0.15, 0.2) is 0 Å². The molecule has 2 aliphatic rings. The van der Waals surface area contributed by atoms with E-state index in [0.29, 0.717) is 0 Å². The second-order valence-corrected chi connectivity index (χ2v) is 4.42. The highest BCUT2D eigenvalue weighted by atomic mass is 19.4. The van der Waals surface area contributed by atoms with E-state index in [4.69, 9.17) is 0 Å². The lowest BCUT2D eigenvalue weighted by atomic mass is 9.63. The van der Waals surface area contributed by atoms with E-state index in [1.807, 2.05) is 0 Å². The van der Waals surface area contributed by atoms with Gasteiger partial charge in [-0.1, -0.05) is 0 Å². The third-order valence-electron chi connectivity index (χ3n) is 3.66. The van der Waals surface area contributed by atoms with Crippen molar-refractivity contribution in [2.75, 3.05) is 7.11 Å². The minimum atomic E-state index is -6.32. The van der Waals surface area contributed by atoms with Crippen LogP contribution in [0.2, 0.25) is 0 Å². The maximum absolute atomic E-state index is 13.6. The van der Waals surface area contributed by atoms with Crippen LogP contribution in [0.4, 0.5) is 48.3 Å². The summed E-state index contributed by atoms with van der Waals surface area (Å²) < 4.78 is 145. The lowest BCUT2D eigenvalue weighted by Crippen LogP contribution is -2.91. The SMILES string of the molecule is COC1(C2(F)C(F)(F)C2(F)F)C(F)(F)C(F)(F)C1(F)F. The summed E-state index contributed by atoms with van der Waals surface area (Å²) in [6.07, 6.45) is 0. The Morgan fingerprint density at radius 3 is 1.00 bits per heavy atom. The molecule has 0 unspecified atom stereocenters. The lowest BCUT2D eigenvalue weighted by molar-refractivity contribution is -0.513. The van der Waals surface area contributed by atoms with Gasteiger partial charge in [-0.25, -0.2) is 4.39 Å². The summed E-state index contributed by atoms with van der Waals surface area (Å²) >= 11 is 0. The molecule has 20 heavy (non-hydrogen) atoms. The Balaban J connectivity index is 2.72. The third-order valence-corrected chi connectivity index (χ3v) is 3.66. The fourth-order valence-electron chi connectivity index (χ4n) is 2.43. The molecule has 0 aromatic rings. The van der Waals surface area contributed by atoms with Gasteiger partial charge in [0.05, 0.1) is 0 Å². The molecule has 2 aliphatic carbocycles. The van der Waals surface area contributed by atoms with Crippen molar-refractivity contribution in [3.05, 3.63) is 0 Å². The van der Waals surface area contributed by atoms with Gasteiger partial charge in [0, 0.05) is 7.11 Å². The van der Waals surface area contributed by atoms with Gasteiger partial charge < -0.3 is 4.74 Å². The van der Waals surface area contributed by atoms with E-state index in [1.165, 1.54) is 0 Å². The first-order valence-electron chi connectivity index (χ1n) is 4.69. The van der Waals surface area contributed by atoms with Gasteiger partial charge in [-0.2, -0.15) is 43.9 Å². The molecule has 0 bridgehead atoms. The molecule has 2 rings (SSSR count). The molecule has 0 radical (unpaired) electrons. The molecule has 0 aromatic heterocycles. The molecule has 0 heterocycles. The predicted octanol–water partition coefficient (Wildman–Crippen LogP) is 3.28. The number of hydrogen-bond acceptors (Lipinski definition) is 1. The van der Waals surface area contributed by atoms with Crippen LogP contribution in [0.5, 0.6) is 0 Å². The molecule has 118 valence electrons. The Morgan fingerprint density at radius 1 is 0.500 bits per heavy atom. The maximum atomic E-state index is 13.6. The van der Waals surface area contributed by atoms with E-state index < -0.39 is 40.9 Å². The highest BCUT2D eigenvalue weighted by Gasteiger charge is 3.18. The Bertz CT molecular complexity index is 435. The minimum absolute atomic E-state index is 0.261. The number of methoxy groups -OCH3 is 1. The average molecular weight is 324 g/mol. The van der Waals surface area contributed by atoms with Gasteiger partial charge in [-0.05, 0) is 0 Å². The summed E-state index contributed by atoms with van der Waals surface area (Å²) in [5, 5.41) is 0. The van der Waals surface area contributed by atoms with E-state index in [9.17, 15) is 48.3 Å². The zero-order valence-corrected chi connectivity index (χ0v) is 9.07. The molecule has 12 heteroatoms. The topological polar surface area (TPSA) is 9.23 Å². The van der Waals surface area contributed by atoms with Gasteiger partial charge in [-0.15, -0.1) is 0 Å². The standard InChI is InChI=1S/C8H3F11O/c1-20-3(2(9)4(10,11)5(2,12)13)6(14,15)8(18,19)7(3,16)17/h1H3. The van der Waals surface area contributed by atoms with E-state index in [0.717, 1.165) is 0 Å². The first kappa shape index (κ1) is 15.6. The monoisotopic (exact) mass is 324 g/mol. The van der Waals surface area contributed by atoms with E-state index in [-0.39, 0.29) is 7.11 Å². The number of rotatable bonds is 2. The van der Waals surface area contributed by atoms with Crippen molar-refractivity contribution in [2.24, 2.45) is 0 Å². The van der Waals surface area contributed by atoms with Crippen molar-refractivity contribution in [3.8, 4) is 0 Å². The molecule has 0 N–H and O–H groups in total. The third kappa shape index (κ3) is 0.865. The van der Waals surface area contributed by atoms with E-state index in [1.54, 1.807) is 0 Å². The molecular weight excluding hydrogens is 321 g/mol. The van der Waals surface area contributed by atoms with Gasteiger partial charge in [0.2, 0.25) is 0 Å². The van der Waals surface area contributed by atoms with Crippen LogP contribution >= 0.6 is 0 Å². The maximum Gasteiger partial charge on any atom is 0.378 e. The van der Waals surface area contributed by atoms with Crippen LogP contribution in [0, 0.1) is 0 Å². The fraction of sp³-hybridized carbons (Fsp3) is 1.00. The second-order valence-electron chi connectivity index (χ2n) is 4.42. The summed E-state index contributed by atoms with van der Waals surface area (Å²) in [7, 11) is -0.261. The van der Waals surface area contributed by atoms with Crippen molar-refractivity contribution in [3.63, 3.8) is 0 Å². The first-order chi connectivity index (χ1) is 8.56. The normalized spacial score (nSPS) is 36.0. The van der Waals surface area contributed by atoms with E-state index >= 15 is 0 Å². The zero-order valence-electron chi connectivity index (χ0n) is 9.07. The van der Waals surface area contributed by atoms with Crippen LogP contribution in [0.3, 0.4) is 0 Å². The van der Waals surface area contributed by atoms with E-state index in [2.05, 4.69) is 4.74 Å². The number of hydrogen-bond donors (Lipinski definition) is 0. The summed E-state index contributed by atoms with van der Waals surface area (Å²) in [6.45, 7) is 0. The van der Waals surface area contributed by atoms with Crippen molar-refractivity contribution in [1.29, 1.82) is 0 Å². The molecule has 0 aliphatic heterocycles. The van der Waals surface area contributed by atoms with Gasteiger partial charge in [0.1, 0.15) is 0 Å². The molecule has 1 nitrogen and oxygen atoms in total. The number of ether oxygens (including phenoxy) is 1. The summed E-state index contributed by atoms with van der Waals surface area (Å²) in [4.78, 5) is 0. The van der Waals surface area contributed by atoms with Crippen LogP contribution in [0.25, 0.3) is 0 Å². The van der Waals surface area contributed by atoms with Crippen LogP contribution < -0.4 is 0 Å². The van der Waals surface area contributed by atoms with Crippen molar-refractivity contribution in [2.45, 2.75) is 40.9 Å². The van der Waals surface area contributed by atoms with Crippen LogP contribution in [-0.2, 0) is 4.74 Å².